The summed E-state index contributed by atoms with van der Waals surface area (Å²) in [4.78, 5) is 0. The Labute approximate surface area is 99.2 Å². The molecule has 0 aromatic rings. The van der Waals surface area contributed by atoms with E-state index in [1.807, 2.05) is 0 Å². The van der Waals surface area contributed by atoms with Gasteiger partial charge in [0.25, 0.3) is 0 Å². The van der Waals surface area contributed by atoms with Gasteiger partial charge in [-0.25, -0.2) is 0 Å². The largest absolute Gasteiger partial charge is 0.0617 e. The number of rotatable bonds is 0. The van der Waals surface area contributed by atoms with Gasteiger partial charge < -0.3 is 0 Å². The molecule has 0 nitrogen and oxygen atoms in total. The highest BCUT2D eigenvalue weighted by atomic mass is 14.9. The molecule has 6 aliphatic rings. The Morgan fingerprint density at radius 2 is 1.75 bits per heavy atom. The van der Waals surface area contributed by atoms with Crippen LogP contribution < -0.4 is 0 Å². The fraction of sp³-hybridized carbons (Fsp3) is 1.00. The van der Waals surface area contributed by atoms with Gasteiger partial charge in [0, 0.05) is 0 Å². The Morgan fingerprint density at radius 3 is 2.50 bits per heavy atom. The topological polar surface area (TPSA) is 0 Å². The molecule has 16 heavy (non-hydrogen) atoms. The van der Waals surface area contributed by atoms with E-state index in [0.717, 1.165) is 34.5 Å². The van der Waals surface area contributed by atoms with Crippen molar-refractivity contribution in [1.82, 2.24) is 0 Å². The third-order valence-corrected chi connectivity index (χ3v) is 9.51. The van der Waals surface area contributed by atoms with E-state index in [-0.39, 0.29) is 0 Å². The van der Waals surface area contributed by atoms with Crippen LogP contribution in [-0.2, 0) is 0 Å². The van der Waals surface area contributed by atoms with Gasteiger partial charge in [-0.3, -0.25) is 0 Å². The van der Waals surface area contributed by atoms with Gasteiger partial charge in [0.15, 0.2) is 0 Å². The lowest BCUT2D eigenvalue weighted by Crippen LogP contribution is -2.70. The predicted octanol–water partition coefficient (Wildman–Crippen LogP) is 4.10. The summed E-state index contributed by atoms with van der Waals surface area (Å²) in [5.74, 6) is 4.30. The quantitative estimate of drug-likeness (QED) is 0.572. The second kappa shape index (κ2) is 1.84. The molecule has 0 saturated heterocycles. The van der Waals surface area contributed by atoms with E-state index in [4.69, 9.17) is 0 Å². The molecule has 0 heteroatoms. The molecule has 2 spiro atoms. The summed E-state index contributed by atoms with van der Waals surface area (Å²) in [5.41, 5.74) is 3.05. The fourth-order valence-corrected chi connectivity index (χ4v) is 8.62. The Bertz CT molecular complexity index is 422. The van der Waals surface area contributed by atoms with Gasteiger partial charge in [-0.05, 0) is 71.0 Å². The van der Waals surface area contributed by atoms with Gasteiger partial charge in [-0.1, -0.05) is 27.7 Å². The smallest absolute Gasteiger partial charge is 0.0184 e. The predicted molar refractivity (Wildman–Crippen MR) is 64.9 cm³/mol. The highest BCUT2D eigenvalue weighted by Crippen LogP contribution is 2.96. The van der Waals surface area contributed by atoms with Crippen molar-refractivity contribution in [2.24, 2.45) is 45.3 Å². The van der Waals surface area contributed by atoms with Crippen molar-refractivity contribution in [2.75, 3.05) is 0 Å². The first kappa shape index (κ1) is 9.00. The Morgan fingerprint density at radius 1 is 1.00 bits per heavy atom. The highest BCUT2D eigenvalue weighted by Gasteiger charge is 2.89. The maximum absolute atomic E-state index is 2.68. The van der Waals surface area contributed by atoms with Gasteiger partial charge in [-0.2, -0.15) is 0 Å². The first-order valence-electron chi connectivity index (χ1n) is 7.41. The zero-order valence-corrected chi connectivity index (χ0v) is 11.1. The lowest BCUT2D eigenvalue weighted by atomic mass is 9.28. The third-order valence-electron chi connectivity index (χ3n) is 9.51. The molecule has 0 heterocycles. The molecule has 6 saturated carbocycles. The average molecular weight is 216 g/mol. The van der Waals surface area contributed by atoms with Crippen molar-refractivity contribution in [2.45, 2.75) is 53.4 Å². The Kier molecular flexibility index (Phi) is 1.03. The maximum Gasteiger partial charge on any atom is -0.0184 e. The molecule has 0 N–H and O–H groups in total. The minimum Gasteiger partial charge on any atom is -0.0617 e. The van der Waals surface area contributed by atoms with E-state index in [1.54, 1.807) is 25.7 Å². The van der Waals surface area contributed by atoms with Crippen LogP contribution in [-0.4, -0.2) is 0 Å². The summed E-state index contributed by atoms with van der Waals surface area (Å²) in [7, 11) is 0. The summed E-state index contributed by atoms with van der Waals surface area (Å²) in [6.45, 7) is 10.6. The third kappa shape index (κ3) is 0.456. The molecule has 6 fully saturated rings. The van der Waals surface area contributed by atoms with E-state index in [9.17, 15) is 0 Å². The standard InChI is InChI=1S/C16H24/c1-9-11-5-16-8-15(6-12(11)16)7-13(3,10(16)2)14(9,15)4/h9-12H,5-8H2,1-4H3. The van der Waals surface area contributed by atoms with Crippen LogP contribution in [0.1, 0.15) is 53.4 Å². The van der Waals surface area contributed by atoms with E-state index < -0.39 is 0 Å². The van der Waals surface area contributed by atoms with Gasteiger partial charge in [0.05, 0.1) is 0 Å². The van der Waals surface area contributed by atoms with Crippen molar-refractivity contribution in [3.63, 3.8) is 0 Å². The molecule has 8 atom stereocenters. The molecule has 0 radical (unpaired) electrons. The zero-order chi connectivity index (χ0) is 11.1. The molecule has 4 bridgehead atoms. The van der Waals surface area contributed by atoms with Crippen molar-refractivity contribution >= 4 is 0 Å². The summed E-state index contributed by atoms with van der Waals surface area (Å²) < 4.78 is 0. The first-order chi connectivity index (χ1) is 7.41. The molecular formula is C16H24. The van der Waals surface area contributed by atoms with E-state index in [0.29, 0.717) is 10.8 Å². The van der Waals surface area contributed by atoms with Crippen LogP contribution in [0.2, 0.25) is 0 Å². The van der Waals surface area contributed by atoms with Crippen LogP contribution in [0.3, 0.4) is 0 Å². The van der Waals surface area contributed by atoms with E-state index >= 15 is 0 Å². The number of hydrogen-bond donors (Lipinski definition) is 0. The highest BCUT2D eigenvalue weighted by molar-refractivity contribution is 5.37. The van der Waals surface area contributed by atoms with Crippen LogP contribution >= 0.6 is 0 Å². The fourth-order valence-electron chi connectivity index (χ4n) is 8.62. The van der Waals surface area contributed by atoms with Crippen LogP contribution in [0.15, 0.2) is 0 Å². The molecular weight excluding hydrogens is 192 g/mol. The van der Waals surface area contributed by atoms with Crippen molar-refractivity contribution in [3.05, 3.63) is 0 Å². The van der Waals surface area contributed by atoms with Crippen LogP contribution in [0, 0.1) is 45.3 Å². The summed E-state index contributed by atoms with van der Waals surface area (Å²) >= 11 is 0. The van der Waals surface area contributed by atoms with Gasteiger partial charge in [0.2, 0.25) is 0 Å². The molecule has 0 aromatic heterocycles. The molecule has 0 aromatic carbocycles. The second-order valence-corrected chi connectivity index (χ2v) is 8.68. The molecule has 8 unspecified atom stereocenters. The summed E-state index contributed by atoms with van der Waals surface area (Å²) in [5, 5.41) is 0. The Hall–Kier alpha value is 0. The normalized spacial score (nSPS) is 81.8. The SMILES string of the molecule is CC1C23CC4C2CC2(C3)CC1(C)C2(C)C4C. The second-order valence-electron chi connectivity index (χ2n) is 8.68. The molecule has 6 aliphatic carbocycles. The van der Waals surface area contributed by atoms with Gasteiger partial charge in [0.1, 0.15) is 0 Å². The van der Waals surface area contributed by atoms with Crippen LogP contribution in [0.25, 0.3) is 0 Å². The summed E-state index contributed by atoms with van der Waals surface area (Å²) in [6, 6.07) is 0. The molecule has 6 rings (SSSR count). The van der Waals surface area contributed by atoms with Crippen molar-refractivity contribution < 1.29 is 0 Å². The average Bonchev–Trinajstić information content (AvgIpc) is 2.35. The van der Waals surface area contributed by atoms with Crippen molar-refractivity contribution in [3.8, 4) is 0 Å². The minimum absolute atomic E-state index is 0.699. The maximum atomic E-state index is 2.68. The lowest BCUT2D eigenvalue weighted by molar-refractivity contribution is -0.282. The van der Waals surface area contributed by atoms with Gasteiger partial charge >= 0.3 is 0 Å². The van der Waals surface area contributed by atoms with E-state index in [2.05, 4.69) is 27.7 Å². The van der Waals surface area contributed by atoms with E-state index in [1.165, 1.54) is 0 Å². The molecule has 0 aliphatic heterocycles. The number of hydrogen-bond acceptors (Lipinski definition) is 0. The Balaban J connectivity index is 1.87. The zero-order valence-electron chi connectivity index (χ0n) is 11.1. The summed E-state index contributed by atoms with van der Waals surface area (Å²) in [6.07, 6.45) is 6.43. The monoisotopic (exact) mass is 216 g/mol. The van der Waals surface area contributed by atoms with Crippen LogP contribution in [0.4, 0.5) is 0 Å². The van der Waals surface area contributed by atoms with Crippen molar-refractivity contribution in [1.29, 1.82) is 0 Å². The first-order valence-corrected chi connectivity index (χ1v) is 7.41. The molecule has 88 valence electrons. The lowest BCUT2D eigenvalue weighted by Gasteiger charge is -2.76. The molecule has 0 amide bonds. The van der Waals surface area contributed by atoms with Crippen LogP contribution in [0.5, 0.6) is 0 Å². The minimum atomic E-state index is 0.699. The van der Waals surface area contributed by atoms with Gasteiger partial charge in [-0.15, -0.1) is 0 Å².